The van der Waals surface area contributed by atoms with E-state index in [1.165, 1.54) is 19.5 Å². The second-order valence-corrected chi connectivity index (χ2v) is 5.12. The summed E-state index contributed by atoms with van der Waals surface area (Å²) in [7, 11) is 2.06. The number of hydrogen-bond donors (Lipinski definition) is 1. The molecule has 0 bridgehead atoms. The molecule has 0 spiro atoms. The third-order valence-electron chi connectivity index (χ3n) is 3.78. The third kappa shape index (κ3) is 3.72. The van der Waals surface area contributed by atoms with Crippen molar-refractivity contribution in [2.45, 2.75) is 19.4 Å². The molecule has 1 N–H and O–H groups in total. The van der Waals surface area contributed by atoms with Crippen molar-refractivity contribution in [2.24, 2.45) is 5.92 Å². The molecule has 1 fully saturated rings. The first kappa shape index (κ1) is 13.4. The van der Waals surface area contributed by atoms with Gasteiger partial charge in [-0.15, -0.1) is 0 Å². The Labute approximate surface area is 110 Å². The summed E-state index contributed by atoms with van der Waals surface area (Å²) in [5.74, 6) is 1.69. The van der Waals surface area contributed by atoms with Crippen molar-refractivity contribution in [3.63, 3.8) is 0 Å². The SMILES string of the molecule is CNC1CCN(CCOc2ccccc2)CC1C. The summed E-state index contributed by atoms with van der Waals surface area (Å²) in [4.78, 5) is 2.50. The van der Waals surface area contributed by atoms with Gasteiger partial charge in [0.25, 0.3) is 0 Å². The van der Waals surface area contributed by atoms with Gasteiger partial charge in [0.1, 0.15) is 12.4 Å². The molecule has 1 aliphatic rings. The monoisotopic (exact) mass is 248 g/mol. The number of piperidine rings is 1. The van der Waals surface area contributed by atoms with E-state index < -0.39 is 0 Å². The Morgan fingerprint density at radius 1 is 1.33 bits per heavy atom. The molecule has 2 atom stereocenters. The topological polar surface area (TPSA) is 24.5 Å². The van der Waals surface area contributed by atoms with Crippen LogP contribution in [0.2, 0.25) is 0 Å². The highest BCUT2D eigenvalue weighted by atomic mass is 16.5. The summed E-state index contributed by atoms with van der Waals surface area (Å²) in [5.41, 5.74) is 0. The Morgan fingerprint density at radius 3 is 2.78 bits per heavy atom. The van der Waals surface area contributed by atoms with E-state index in [-0.39, 0.29) is 0 Å². The fourth-order valence-electron chi connectivity index (χ4n) is 2.67. The van der Waals surface area contributed by atoms with E-state index in [1.807, 2.05) is 30.3 Å². The van der Waals surface area contributed by atoms with Crippen LogP contribution in [0.1, 0.15) is 13.3 Å². The number of rotatable bonds is 5. The normalized spacial score (nSPS) is 25.0. The van der Waals surface area contributed by atoms with E-state index in [0.29, 0.717) is 6.04 Å². The van der Waals surface area contributed by atoms with Gasteiger partial charge in [-0.25, -0.2) is 0 Å². The van der Waals surface area contributed by atoms with Crippen LogP contribution in [-0.4, -0.2) is 44.2 Å². The van der Waals surface area contributed by atoms with E-state index in [2.05, 4.69) is 24.2 Å². The minimum Gasteiger partial charge on any atom is -0.492 e. The maximum atomic E-state index is 5.74. The van der Waals surface area contributed by atoms with Gasteiger partial charge in [-0.05, 0) is 38.1 Å². The molecule has 3 heteroatoms. The van der Waals surface area contributed by atoms with E-state index in [9.17, 15) is 0 Å². The van der Waals surface area contributed by atoms with E-state index in [1.54, 1.807) is 0 Å². The molecule has 0 aromatic heterocycles. The number of likely N-dealkylation sites (tertiary alicyclic amines) is 1. The average Bonchev–Trinajstić information content (AvgIpc) is 2.40. The maximum absolute atomic E-state index is 5.74. The van der Waals surface area contributed by atoms with Crippen LogP contribution in [0.25, 0.3) is 0 Å². The lowest BCUT2D eigenvalue weighted by atomic mass is 9.94. The fourth-order valence-corrected chi connectivity index (χ4v) is 2.67. The Morgan fingerprint density at radius 2 is 2.11 bits per heavy atom. The van der Waals surface area contributed by atoms with Crippen molar-refractivity contribution in [1.29, 1.82) is 0 Å². The van der Waals surface area contributed by atoms with Crippen LogP contribution in [0.15, 0.2) is 30.3 Å². The molecule has 18 heavy (non-hydrogen) atoms. The van der Waals surface area contributed by atoms with Crippen molar-refractivity contribution < 1.29 is 4.74 Å². The zero-order chi connectivity index (χ0) is 12.8. The quantitative estimate of drug-likeness (QED) is 0.862. The van der Waals surface area contributed by atoms with Crippen LogP contribution >= 0.6 is 0 Å². The van der Waals surface area contributed by atoms with Gasteiger partial charge in [0.05, 0.1) is 0 Å². The lowest BCUT2D eigenvalue weighted by molar-refractivity contribution is 0.130. The Bertz CT molecular complexity index is 342. The molecule has 2 rings (SSSR count). The molecular weight excluding hydrogens is 224 g/mol. The summed E-state index contributed by atoms with van der Waals surface area (Å²) in [6, 6.07) is 10.7. The van der Waals surface area contributed by atoms with E-state index in [4.69, 9.17) is 4.74 Å². The van der Waals surface area contributed by atoms with E-state index in [0.717, 1.165) is 24.8 Å². The van der Waals surface area contributed by atoms with Crippen molar-refractivity contribution in [1.82, 2.24) is 10.2 Å². The first-order valence-corrected chi connectivity index (χ1v) is 6.87. The first-order chi connectivity index (χ1) is 8.79. The molecule has 0 aliphatic carbocycles. The predicted molar refractivity (Wildman–Crippen MR) is 75.0 cm³/mol. The van der Waals surface area contributed by atoms with Gasteiger partial charge >= 0.3 is 0 Å². The molecule has 1 heterocycles. The summed E-state index contributed by atoms with van der Waals surface area (Å²) < 4.78 is 5.74. The standard InChI is InChI=1S/C15H24N2O/c1-13-12-17(9-8-15(13)16-2)10-11-18-14-6-4-3-5-7-14/h3-7,13,15-16H,8-12H2,1-2H3. The predicted octanol–water partition coefficient (Wildman–Crippen LogP) is 2.00. The van der Waals surface area contributed by atoms with Crippen LogP contribution in [0, 0.1) is 5.92 Å². The summed E-state index contributed by atoms with van der Waals surface area (Å²) >= 11 is 0. The van der Waals surface area contributed by atoms with Crippen molar-refractivity contribution in [2.75, 3.05) is 33.3 Å². The van der Waals surface area contributed by atoms with Gasteiger partial charge in [-0.2, -0.15) is 0 Å². The van der Waals surface area contributed by atoms with Crippen molar-refractivity contribution in [3.8, 4) is 5.75 Å². The number of nitrogens with zero attached hydrogens (tertiary/aromatic N) is 1. The smallest absolute Gasteiger partial charge is 0.119 e. The maximum Gasteiger partial charge on any atom is 0.119 e. The number of nitrogens with one attached hydrogen (secondary N) is 1. The first-order valence-electron chi connectivity index (χ1n) is 6.87. The highest BCUT2D eigenvalue weighted by Crippen LogP contribution is 2.16. The van der Waals surface area contributed by atoms with Crippen molar-refractivity contribution in [3.05, 3.63) is 30.3 Å². The zero-order valence-electron chi connectivity index (χ0n) is 11.4. The fraction of sp³-hybridized carbons (Fsp3) is 0.600. The molecule has 2 unspecified atom stereocenters. The number of para-hydroxylation sites is 1. The van der Waals surface area contributed by atoms with Gasteiger partial charge in [-0.1, -0.05) is 25.1 Å². The van der Waals surface area contributed by atoms with Crippen LogP contribution in [0.5, 0.6) is 5.75 Å². The molecule has 0 radical (unpaired) electrons. The summed E-state index contributed by atoms with van der Waals surface area (Å²) in [5, 5.41) is 3.40. The third-order valence-corrected chi connectivity index (χ3v) is 3.78. The highest BCUT2D eigenvalue weighted by molar-refractivity contribution is 5.20. The van der Waals surface area contributed by atoms with Gasteiger partial charge < -0.3 is 10.1 Å². The second-order valence-electron chi connectivity index (χ2n) is 5.12. The number of ether oxygens (including phenoxy) is 1. The molecule has 1 aromatic carbocycles. The molecule has 1 aliphatic heterocycles. The minimum atomic E-state index is 0.677. The average molecular weight is 248 g/mol. The van der Waals surface area contributed by atoms with Gasteiger partial charge in [-0.3, -0.25) is 4.90 Å². The van der Waals surface area contributed by atoms with Crippen LogP contribution in [0.4, 0.5) is 0 Å². The molecule has 100 valence electrons. The minimum absolute atomic E-state index is 0.677. The highest BCUT2D eigenvalue weighted by Gasteiger charge is 2.24. The van der Waals surface area contributed by atoms with E-state index >= 15 is 0 Å². The Hall–Kier alpha value is -1.06. The zero-order valence-corrected chi connectivity index (χ0v) is 11.4. The lowest BCUT2D eigenvalue weighted by Gasteiger charge is -2.36. The van der Waals surface area contributed by atoms with Crippen LogP contribution < -0.4 is 10.1 Å². The van der Waals surface area contributed by atoms with Gasteiger partial charge in [0.15, 0.2) is 0 Å². The second kappa shape index (κ2) is 6.76. The molecular formula is C15H24N2O. The molecule has 1 aromatic rings. The number of benzene rings is 1. The Balaban J connectivity index is 1.69. The molecule has 3 nitrogen and oxygen atoms in total. The molecule has 0 amide bonds. The summed E-state index contributed by atoms with van der Waals surface area (Å²) in [6.45, 7) is 6.47. The van der Waals surface area contributed by atoms with Crippen molar-refractivity contribution >= 4 is 0 Å². The van der Waals surface area contributed by atoms with Crippen LogP contribution in [-0.2, 0) is 0 Å². The summed E-state index contributed by atoms with van der Waals surface area (Å²) in [6.07, 6.45) is 1.24. The van der Waals surface area contributed by atoms with Gasteiger partial charge in [0, 0.05) is 19.1 Å². The number of hydrogen-bond acceptors (Lipinski definition) is 3. The molecule has 1 saturated heterocycles. The van der Waals surface area contributed by atoms with Crippen LogP contribution in [0.3, 0.4) is 0 Å². The largest absolute Gasteiger partial charge is 0.492 e. The lowest BCUT2D eigenvalue weighted by Crippen LogP contribution is -2.48. The molecule has 0 saturated carbocycles. The van der Waals surface area contributed by atoms with Gasteiger partial charge in [0.2, 0.25) is 0 Å². The Kier molecular flexibility index (Phi) is 5.02.